The van der Waals surface area contributed by atoms with Gasteiger partial charge in [-0.2, -0.15) is 0 Å². The SMILES string of the molecule is c1cncc(-c2ccc(-c3c4ccccc4c(-c4nc5ccccc5c5nc6ccccn6c45)c4ccccc34)cc2)c1. The van der Waals surface area contributed by atoms with Gasteiger partial charge in [0.25, 0.3) is 0 Å². The molecule has 9 aromatic rings. The minimum atomic E-state index is 0.913. The van der Waals surface area contributed by atoms with Crippen LogP contribution in [0.15, 0.2) is 146 Å². The van der Waals surface area contributed by atoms with E-state index in [1.807, 2.05) is 24.5 Å². The number of imidazole rings is 1. The lowest BCUT2D eigenvalue weighted by Gasteiger charge is -2.18. The van der Waals surface area contributed by atoms with Crippen LogP contribution in [-0.2, 0) is 0 Å². The average Bonchev–Trinajstić information content (AvgIpc) is 3.48. The molecule has 0 N–H and O–H groups in total. The molecule has 0 saturated carbocycles. The van der Waals surface area contributed by atoms with E-state index >= 15 is 0 Å². The summed E-state index contributed by atoms with van der Waals surface area (Å²) < 4.78 is 2.18. The molecule has 4 heterocycles. The van der Waals surface area contributed by atoms with E-state index in [9.17, 15) is 0 Å². The molecule has 0 atom stereocenters. The predicted molar refractivity (Wildman–Crippen MR) is 177 cm³/mol. The first-order valence-electron chi connectivity index (χ1n) is 14.5. The highest BCUT2D eigenvalue weighted by molar-refractivity contribution is 6.24. The van der Waals surface area contributed by atoms with Gasteiger partial charge in [-0.25, -0.2) is 9.97 Å². The summed E-state index contributed by atoms with van der Waals surface area (Å²) in [4.78, 5) is 14.8. The topological polar surface area (TPSA) is 43.1 Å². The molecule has 9 rings (SSSR count). The normalized spacial score (nSPS) is 11.7. The van der Waals surface area contributed by atoms with E-state index in [-0.39, 0.29) is 0 Å². The van der Waals surface area contributed by atoms with Gasteiger partial charge in [0.1, 0.15) is 16.7 Å². The molecular formula is C39H24N4. The van der Waals surface area contributed by atoms with Crippen molar-refractivity contribution in [2.45, 2.75) is 0 Å². The third-order valence-electron chi connectivity index (χ3n) is 8.48. The Bertz CT molecular complexity index is 2440. The van der Waals surface area contributed by atoms with Crippen LogP contribution in [0, 0.1) is 0 Å². The van der Waals surface area contributed by atoms with Crippen LogP contribution in [0.4, 0.5) is 0 Å². The van der Waals surface area contributed by atoms with Gasteiger partial charge in [0, 0.05) is 29.5 Å². The smallest absolute Gasteiger partial charge is 0.137 e. The van der Waals surface area contributed by atoms with Crippen molar-refractivity contribution in [3.8, 4) is 33.5 Å². The van der Waals surface area contributed by atoms with Gasteiger partial charge in [-0.1, -0.05) is 103 Å². The summed E-state index contributed by atoms with van der Waals surface area (Å²) in [5, 5.41) is 5.79. The fourth-order valence-electron chi connectivity index (χ4n) is 6.59. The fraction of sp³-hybridized carbons (Fsp3) is 0. The van der Waals surface area contributed by atoms with E-state index < -0.39 is 0 Å². The first kappa shape index (κ1) is 23.8. The highest BCUT2D eigenvalue weighted by Crippen LogP contribution is 2.45. The third-order valence-corrected chi connectivity index (χ3v) is 8.48. The molecule has 0 saturated heterocycles. The average molecular weight is 549 g/mol. The summed E-state index contributed by atoms with van der Waals surface area (Å²) in [5.41, 5.74) is 10.6. The predicted octanol–water partition coefficient (Wildman–Crippen LogP) is 9.74. The number of para-hydroxylation sites is 1. The highest BCUT2D eigenvalue weighted by atomic mass is 15.0. The summed E-state index contributed by atoms with van der Waals surface area (Å²) in [5.74, 6) is 0. The molecule has 200 valence electrons. The lowest BCUT2D eigenvalue weighted by molar-refractivity contribution is 1.22. The van der Waals surface area contributed by atoms with Crippen molar-refractivity contribution in [2.75, 3.05) is 0 Å². The fourth-order valence-corrected chi connectivity index (χ4v) is 6.59. The zero-order valence-electron chi connectivity index (χ0n) is 23.1. The number of nitrogens with zero attached hydrogens (tertiary/aromatic N) is 4. The van der Waals surface area contributed by atoms with Gasteiger partial charge < -0.3 is 0 Å². The molecule has 0 aliphatic heterocycles. The van der Waals surface area contributed by atoms with Crippen LogP contribution >= 0.6 is 0 Å². The van der Waals surface area contributed by atoms with E-state index in [0.29, 0.717) is 0 Å². The van der Waals surface area contributed by atoms with Crippen molar-refractivity contribution in [3.05, 3.63) is 146 Å². The minimum Gasteiger partial charge on any atom is -0.298 e. The van der Waals surface area contributed by atoms with Crippen molar-refractivity contribution >= 4 is 49.1 Å². The number of aromatic nitrogens is 4. The first-order valence-corrected chi connectivity index (χ1v) is 14.5. The Balaban J connectivity index is 1.40. The van der Waals surface area contributed by atoms with Gasteiger partial charge in [0.2, 0.25) is 0 Å². The van der Waals surface area contributed by atoms with Gasteiger partial charge in [-0.15, -0.1) is 0 Å². The first-order chi connectivity index (χ1) is 21.3. The Kier molecular flexibility index (Phi) is 5.16. The number of pyridine rings is 3. The van der Waals surface area contributed by atoms with Crippen molar-refractivity contribution < 1.29 is 0 Å². The van der Waals surface area contributed by atoms with Gasteiger partial charge in [0.05, 0.1) is 11.2 Å². The molecule has 0 aliphatic rings. The summed E-state index contributed by atoms with van der Waals surface area (Å²) >= 11 is 0. The molecule has 4 heteroatoms. The van der Waals surface area contributed by atoms with Gasteiger partial charge in [-0.3, -0.25) is 9.38 Å². The largest absolute Gasteiger partial charge is 0.298 e. The van der Waals surface area contributed by atoms with Gasteiger partial charge in [0.15, 0.2) is 0 Å². The zero-order chi connectivity index (χ0) is 28.3. The van der Waals surface area contributed by atoms with Gasteiger partial charge >= 0.3 is 0 Å². The standard InChI is InChI=1S/C39H24N4/c1-3-13-30-28(11-1)35(26-20-18-25(19-21-26)27-10-9-22-40-24-27)29-12-2-4-14-31(29)36(30)38-39-37(32-15-5-6-16-33(32)41-38)42-34-17-7-8-23-43(34)39/h1-24H. The van der Waals surface area contributed by atoms with E-state index in [2.05, 4.69) is 131 Å². The number of benzene rings is 5. The van der Waals surface area contributed by atoms with Crippen LogP contribution < -0.4 is 0 Å². The number of rotatable bonds is 3. The van der Waals surface area contributed by atoms with Crippen LogP contribution in [-0.4, -0.2) is 19.4 Å². The molecule has 0 aliphatic carbocycles. The van der Waals surface area contributed by atoms with E-state index in [1.54, 1.807) is 0 Å². The van der Waals surface area contributed by atoms with Crippen LogP contribution in [0.1, 0.15) is 0 Å². The van der Waals surface area contributed by atoms with E-state index in [1.165, 1.54) is 32.7 Å². The molecule has 4 nitrogen and oxygen atoms in total. The minimum absolute atomic E-state index is 0.913. The van der Waals surface area contributed by atoms with Crippen molar-refractivity contribution in [1.82, 2.24) is 19.4 Å². The maximum Gasteiger partial charge on any atom is 0.137 e. The molecule has 0 amide bonds. The van der Waals surface area contributed by atoms with E-state index in [0.717, 1.165) is 50.0 Å². The van der Waals surface area contributed by atoms with Crippen LogP contribution in [0.2, 0.25) is 0 Å². The molecule has 4 aromatic heterocycles. The van der Waals surface area contributed by atoms with Crippen molar-refractivity contribution in [3.63, 3.8) is 0 Å². The molecule has 43 heavy (non-hydrogen) atoms. The second kappa shape index (κ2) is 9.33. The Hall–Kier alpha value is -5.87. The van der Waals surface area contributed by atoms with Gasteiger partial charge in [-0.05, 0) is 68.1 Å². The lowest BCUT2D eigenvalue weighted by Crippen LogP contribution is -1.96. The highest BCUT2D eigenvalue weighted by Gasteiger charge is 2.22. The second-order valence-corrected chi connectivity index (χ2v) is 10.9. The Labute approximate surface area is 247 Å². The summed E-state index contributed by atoms with van der Waals surface area (Å²) in [6.07, 6.45) is 5.81. The van der Waals surface area contributed by atoms with Crippen LogP contribution in [0.25, 0.3) is 82.6 Å². The number of hydrogen-bond donors (Lipinski definition) is 0. The Morgan fingerprint density at radius 3 is 1.79 bits per heavy atom. The number of fused-ring (bicyclic) bond motifs is 7. The second-order valence-electron chi connectivity index (χ2n) is 10.9. The number of hydrogen-bond acceptors (Lipinski definition) is 3. The van der Waals surface area contributed by atoms with Crippen LogP contribution in [0.5, 0.6) is 0 Å². The molecule has 5 aromatic carbocycles. The summed E-state index contributed by atoms with van der Waals surface area (Å²) in [6.45, 7) is 0. The molecule has 0 radical (unpaired) electrons. The monoisotopic (exact) mass is 548 g/mol. The molecule has 0 bridgehead atoms. The molecular weight excluding hydrogens is 524 g/mol. The lowest BCUT2D eigenvalue weighted by atomic mass is 9.86. The van der Waals surface area contributed by atoms with E-state index in [4.69, 9.17) is 9.97 Å². The maximum atomic E-state index is 5.38. The zero-order valence-corrected chi connectivity index (χ0v) is 23.1. The quantitative estimate of drug-likeness (QED) is 0.206. The molecule has 0 unspecified atom stereocenters. The Morgan fingerprint density at radius 1 is 0.465 bits per heavy atom. The summed E-state index contributed by atoms with van der Waals surface area (Å²) in [6, 6.07) is 44.9. The molecule has 0 fully saturated rings. The third kappa shape index (κ3) is 3.60. The molecule has 0 spiro atoms. The Morgan fingerprint density at radius 2 is 1.09 bits per heavy atom. The van der Waals surface area contributed by atoms with Crippen molar-refractivity contribution in [2.24, 2.45) is 0 Å². The maximum absolute atomic E-state index is 5.38. The summed E-state index contributed by atoms with van der Waals surface area (Å²) in [7, 11) is 0. The van der Waals surface area contributed by atoms with Crippen molar-refractivity contribution in [1.29, 1.82) is 0 Å². The van der Waals surface area contributed by atoms with Crippen LogP contribution in [0.3, 0.4) is 0 Å².